The molecule has 0 spiro atoms. The Balaban J connectivity index is 2.19. The van der Waals surface area contributed by atoms with Gasteiger partial charge in [0.15, 0.2) is 11.5 Å². The van der Waals surface area contributed by atoms with E-state index in [9.17, 15) is 17.9 Å². The smallest absolute Gasteiger partial charge is 0.240 e. The summed E-state index contributed by atoms with van der Waals surface area (Å²) in [7, 11) is -4.17. The fraction of sp³-hybridized carbons (Fsp3) is 0.143. The maximum Gasteiger partial charge on any atom is 0.240 e. The number of aryl methyl sites for hydroxylation is 1. The van der Waals surface area contributed by atoms with Crippen molar-refractivity contribution < 1.29 is 22.4 Å². The number of nitrogens with zero attached hydrogens (tertiary/aromatic N) is 2. The molecule has 0 bridgehead atoms. The highest BCUT2D eigenvalue weighted by molar-refractivity contribution is 7.89. The maximum atomic E-state index is 14.1. The van der Waals surface area contributed by atoms with Crippen molar-refractivity contribution in [2.45, 2.75) is 18.4 Å². The monoisotopic (exact) mass is 369 g/mol. The molecule has 0 atom stereocenters. The highest BCUT2D eigenvalue weighted by Crippen LogP contribution is 2.36. The van der Waals surface area contributed by atoms with E-state index in [4.69, 9.17) is 9.66 Å². The Morgan fingerprint density at radius 1 is 1.42 bits per heavy atom. The predicted octanol–water partition coefficient (Wildman–Crippen LogP) is 2.05. The van der Waals surface area contributed by atoms with Crippen LogP contribution in [0.4, 0.5) is 4.39 Å². The first-order chi connectivity index (χ1) is 11.3. The molecule has 24 heavy (non-hydrogen) atoms. The SMILES string of the molecule is Cc1csc(-c2noc(CO)c2-c2ccc(S(N)(=O)=O)c(F)c2)n1. The minimum atomic E-state index is -4.17. The summed E-state index contributed by atoms with van der Waals surface area (Å²) in [4.78, 5) is 3.69. The van der Waals surface area contributed by atoms with Gasteiger partial charge in [-0.15, -0.1) is 11.3 Å². The molecule has 3 N–H and O–H groups in total. The van der Waals surface area contributed by atoms with Crippen LogP contribution in [0.15, 0.2) is 33.0 Å². The molecule has 3 aromatic rings. The number of hydrogen-bond donors (Lipinski definition) is 2. The first-order valence-electron chi connectivity index (χ1n) is 6.66. The third kappa shape index (κ3) is 2.96. The van der Waals surface area contributed by atoms with Gasteiger partial charge in [-0.05, 0) is 24.6 Å². The number of halogens is 1. The van der Waals surface area contributed by atoms with Gasteiger partial charge in [0.2, 0.25) is 10.0 Å². The quantitative estimate of drug-likeness (QED) is 0.726. The fourth-order valence-electron chi connectivity index (χ4n) is 2.23. The molecule has 0 saturated heterocycles. The maximum absolute atomic E-state index is 14.1. The second-order valence-corrected chi connectivity index (χ2v) is 7.36. The second kappa shape index (κ2) is 6.06. The highest BCUT2D eigenvalue weighted by atomic mass is 32.2. The van der Waals surface area contributed by atoms with Crippen molar-refractivity contribution in [2.24, 2.45) is 5.14 Å². The van der Waals surface area contributed by atoms with Crippen LogP contribution in [-0.4, -0.2) is 23.7 Å². The van der Waals surface area contributed by atoms with Crippen LogP contribution in [0.1, 0.15) is 11.5 Å². The molecule has 0 aliphatic carbocycles. The highest BCUT2D eigenvalue weighted by Gasteiger charge is 2.23. The Kier molecular flexibility index (Phi) is 4.22. The third-order valence-electron chi connectivity index (χ3n) is 3.26. The van der Waals surface area contributed by atoms with E-state index in [1.165, 1.54) is 17.4 Å². The number of aliphatic hydroxyl groups excluding tert-OH is 1. The Morgan fingerprint density at radius 3 is 2.71 bits per heavy atom. The molecule has 1 aromatic carbocycles. The lowest BCUT2D eigenvalue weighted by Gasteiger charge is -2.05. The van der Waals surface area contributed by atoms with Crippen LogP contribution in [0.25, 0.3) is 21.8 Å². The van der Waals surface area contributed by atoms with Crippen LogP contribution in [0, 0.1) is 12.7 Å². The van der Waals surface area contributed by atoms with E-state index in [-0.39, 0.29) is 5.76 Å². The van der Waals surface area contributed by atoms with Gasteiger partial charge in [0.1, 0.15) is 22.3 Å². The lowest BCUT2D eigenvalue weighted by atomic mass is 10.0. The van der Waals surface area contributed by atoms with Gasteiger partial charge in [-0.1, -0.05) is 11.2 Å². The number of nitrogens with two attached hydrogens (primary N) is 1. The van der Waals surface area contributed by atoms with Crippen molar-refractivity contribution in [2.75, 3.05) is 0 Å². The number of benzene rings is 1. The molecule has 2 aromatic heterocycles. The van der Waals surface area contributed by atoms with Gasteiger partial charge in [-0.2, -0.15) is 0 Å². The minimum Gasteiger partial charge on any atom is -0.388 e. The Bertz CT molecular complexity index is 1010. The van der Waals surface area contributed by atoms with E-state index in [2.05, 4.69) is 10.1 Å². The molecule has 3 rings (SSSR count). The van der Waals surface area contributed by atoms with Gasteiger partial charge in [-0.3, -0.25) is 0 Å². The summed E-state index contributed by atoms with van der Waals surface area (Å²) in [5, 5.41) is 20.7. The number of thiazole rings is 1. The van der Waals surface area contributed by atoms with Crippen LogP contribution in [-0.2, 0) is 16.6 Å². The number of primary sulfonamides is 1. The Hall–Kier alpha value is -2.14. The molecule has 0 amide bonds. The van der Waals surface area contributed by atoms with Crippen molar-refractivity contribution in [3.05, 3.63) is 40.9 Å². The standard InChI is InChI=1S/C14H12FN3O4S2/c1-7-6-23-14(17-7)13-12(10(5-19)22-18-13)8-2-3-11(9(15)4-8)24(16,20)21/h2-4,6,19H,5H2,1H3,(H2,16,20,21). The molecule has 10 heteroatoms. The Labute approximate surface area is 140 Å². The minimum absolute atomic E-state index is 0.126. The van der Waals surface area contributed by atoms with Crippen LogP contribution >= 0.6 is 11.3 Å². The first-order valence-corrected chi connectivity index (χ1v) is 9.08. The largest absolute Gasteiger partial charge is 0.388 e. The lowest BCUT2D eigenvalue weighted by Crippen LogP contribution is -2.14. The van der Waals surface area contributed by atoms with E-state index in [1.807, 2.05) is 12.3 Å². The zero-order chi connectivity index (χ0) is 17.5. The van der Waals surface area contributed by atoms with E-state index < -0.39 is 27.3 Å². The summed E-state index contributed by atoms with van der Waals surface area (Å²) in [5.74, 6) is -0.873. The second-order valence-electron chi connectivity index (χ2n) is 4.97. The summed E-state index contributed by atoms with van der Waals surface area (Å²) >= 11 is 1.32. The van der Waals surface area contributed by atoms with Crippen LogP contribution in [0.5, 0.6) is 0 Å². The summed E-state index contributed by atoms with van der Waals surface area (Å²) in [6, 6.07) is 3.44. The zero-order valence-corrected chi connectivity index (χ0v) is 14.0. The van der Waals surface area contributed by atoms with Gasteiger partial charge in [0.05, 0.1) is 5.56 Å². The molecule has 0 aliphatic heterocycles. The van der Waals surface area contributed by atoms with Gasteiger partial charge in [-0.25, -0.2) is 22.9 Å². The van der Waals surface area contributed by atoms with E-state index in [1.54, 1.807) is 0 Å². The lowest BCUT2D eigenvalue weighted by molar-refractivity contribution is 0.230. The molecular weight excluding hydrogens is 357 g/mol. The normalized spacial score (nSPS) is 11.8. The molecule has 7 nitrogen and oxygen atoms in total. The number of aromatic nitrogens is 2. The van der Waals surface area contributed by atoms with E-state index in [0.717, 1.165) is 17.8 Å². The van der Waals surface area contributed by atoms with E-state index in [0.29, 0.717) is 21.8 Å². The Morgan fingerprint density at radius 2 is 2.17 bits per heavy atom. The molecule has 2 heterocycles. The van der Waals surface area contributed by atoms with Gasteiger partial charge in [0, 0.05) is 11.1 Å². The molecular formula is C14H12FN3O4S2. The number of aliphatic hydroxyl groups is 1. The first kappa shape index (κ1) is 16.7. The number of hydrogen-bond acceptors (Lipinski definition) is 7. The predicted molar refractivity (Wildman–Crippen MR) is 85.0 cm³/mol. The van der Waals surface area contributed by atoms with Crippen LogP contribution in [0.3, 0.4) is 0 Å². The molecule has 126 valence electrons. The summed E-state index contributed by atoms with van der Waals surface area (Å²) in [5.41, 5.74) is 1.78. The number of rotatable bonds is 4. The van der Waals surface area contributed by atoms with Crippen molar-refractivity contribution in [3.63, 3.8) is 0 Å². The average Bonchev–Trinajstić information content (AvgIpc) is 3.11. The van der Waals surface area contributed by atoms with Gasteiger partial charge in [0.25, 0.3) is 0 Å². The summed E-state index contributed by atoms with van der Waals surface area (Å²) in [6.07, 6.45) is 0. The van der Waals surface area contributed by atoms with Crippen molar-refractivity contribution in [1.82, 2.24) is 10.1 Å². The van der Waals surface area contributed by atoms with Gasteiger partial charge < -0.3 is 9.63 Å². The van der Waals surface area contributed by atoms with Crippen molar-refractivity contribution in [3.8, 4) is 21.8 Å². The topological polar surface area (TPSA) is 119 Å². The molecule has 0 saturated carbocycles. The van der Waals surface area contributed by atoms with Crippen LogP contribution < -0.4 is 5.14 Å². The molecule has 0 radical (unpaired) electrons. The van der Waals surface area contributed by atoms with Crippen molar-refractivity contribution >= 4 is 21.4 Å². The third-order valence-corrected chi connectivity index (χ3v) is 5.17. The van der Waals surface area contributed by atoms with Crippen molar-refractivity contribution in [1.29, 1.82) is 0 Å². The summed E-state index contributed by atoms with van der Waals surface area (Å²) < 4.78 is 41.9. The molecule has 0 aliphatic rings. The van der Waals surface area contributed by atoms with Gasteiger partial charge >= 0.3 is 0 Å². The average molecular weight is 369 g/mol. The zero-order valence-electron chi connectivity index (χ0n) is 12.4. The van der Waals surface area contributed by atoms with Crippen LogP contribution in [0.2, 0.25) is 0 Å². The number of sulfonamides is 1. The molecule has 0 unspecified atom stereocenters. The molecule has 0 fully saturated rings. The van der Waals surface area contributed by atoms with E-state index >= 15 is 0 Å². The summed E-state index contributed by atoms with van der Waals surface area (Å²) in [6.45, 7) is 1.36. The fourth-order valence-corrected chi connectivity index (χ4v) is 3.60.